The molecule has 1 heterocycles. The van der Waals surface area contributed by atoms with Gasteiger partial charge < -0.3 is 15.0 Å². The summed E-state index contributed by atoms with van der Waals surface area (Å²) in [7, 11) is -2.41. The van der Waals surface area contributed by atoms with E-state index in [2.05, 4.69) is 5.32 Å². The van der Waals surface area contributed by atoms with E-state index in [0.717, 1.165) is 12.1 Å². The molecule has 10 heteroatoms. The Bertz CT molecular complexity index is 693. The summed E-state index contributed by atoms with van der Waals surface area (Å²) >= 11 is 5.24. The highest BCUT2D eigenvalue weighted by Crippen LogP contribution is 2.21. The van der Waals surface area contributed by atoms with Crippen molar-refractivity contribution in [2.24, 2.45) is 0 Å². The van der Waals surface area contributed by atoms with Crippen molar-refractivity contribution in [3.05, 3.63) is 29.8 Å². The molecule has 6 nitrogen and oxygen atoms in total. The monoisotopic (exact) mass is 379 g/mol. The Morgan fingerprint density at radius 3 is 2.54 bits per heavy atom. The summed E-state index contributed by atoms with van der Waals surface area (Å²) in [6.07, 6.45) is 0. The van der Waals surface area contributed by atoms with E-state index in [1.54, 1.807) is 7.11 Å². The first-order valence-corrected chi connectivity index (χ1v) is 9.18. The highest BCUT2D eigenvalue weighted by Gasteiger charge is 2.31. The van der Waals surface area contributed by atoms with Crippen LogP contribution in [-0.4, -0.2) is 69.2 Å². The quantitative estimate of drug-likeness (QED) is 0.603. The van der Waals surface area contributed by atoms with Crippen LogP contribution >= 0.6 is 12.2 Å². The van der Waals surface area contributed by atoms with Crippen LogP contribution in [0.4, 0.5) is 8.78 Å². The Morgan fingerprint density at radius 2 is 1.96 bits per heavy atom. The van der Waals surface area contributed by atoms with Gasteiger partial charge in [0.05, 0.1) is 6.61 Å². The van der Waals surface area contributed by atoms with E-state index in [-0.39, 0.29) is 13.1 Å². The molecular formula is C14H19F2N3O3S2. The molecule has 1 N–H and O–H groups in total. The minimum Gasteiger partial charge on any atom is -0.383 e. The first kappa shape index (κ1) is 19.0. The van der Waals surface area contributed by atoms with Gasteiger partial charge in [-0.2, -0.15) is 4.31 Å². The molecule has 1 fully saturated rings. The van der Waals surface area contributed by atoms with Gasteiger partial charge in [-0.25, -0.2) is 17.2 Å². The number of methoxy groups -OCH3 is 1. The predicted octanol–water partition coefficient (Wildman–Crippen LogP) is 0.792. The minimum absolute atomic E-state index is 0.172. The SMILES string of the molecule is COCCNC(=S)N1CCN(S(=O)(=O)c2ccc(F)cc2F)CC1. The summed E-state index contributed by atoms with van der Waals surface area (Å²) in [5.74, 6) is -1.90. The molecule has 0 amide bonds. The maximum atomic E-state index is 13.8. The molecule has 0 atom stereocenters. The van der Waals surface area contributed by atoms with Crippen LogP contribution < -0.4 is 5.32 Å². The standard InChI is InChI=1S/C14H19F2N3O3S2/c1-22-9-4-17-14(23)18-5-7-19(8-6-18)24(20,21)13-3-2-11(15)10-12(13)16/h2-3,10H,4-9H2,1H3,(H,17,23). The molecule has 1 saturated heterocycles. The van der Waals surface area contributed by atoms with Crippen LogP contribution in [0.3, 0.4) is 0 Å². The Hall–Kier alpha value is -1.36. The van der Waals surface area contributed by atoms with E-state index < -0.39 is 26.6 Å². The van der Waals surface area contributed by atoms with Crippen LogP contribution in [0.1, 0.15) is 0 Å². The molecule has 0 saturated carbocycles. The van der Waals surface area contributed by atoms with Gasteiger partial charge in [-0.1, -0.05) is 0 Å². The molecular weight excluding hydrogens is 360 g/mol. The lowest BCUT2D eigenvalue weighted by Gasteiger charge is -2.35. The third kappa shape index (κ3) is 4.38. The molecule has 1 aromatic rings. The first-order chi connectivity index (χ1) is 11.4. The van der Waals surface area contributed by atoms with E-state index in [9.17, 15) is 17.2 Å². The van der Waals surface area contributed by atoms with Crippen LogP contribution in [0.2, 0.25) is 0 Å². The number of benzene rings is 1. The smallest absolute Gasteiger partial charge is 0.246 e. The van der Waals surface area contributed by atoms with Crippen molar-refractivity contribution < 1.29 is 21.9 Å². The molecule has 1 aliphatic rings. The molecule has 134 valence electrons. The fraction of sp³-hybridized carbons (Fsp3) is 0.500. The maximum absolute atomic E-state index is 13.8. The van der Waals surface area contributed by atoms with Crippen molar-refractivity contribution in [2.45, 2.75) is 4.90 Å². The number of ether oxygens (including phenoxy) is 1. The van der Waals surface area contributed by atoms with Crippen LogP contribution in [-0.2, 0) is 14.8 Å². The number of nitrogens with zero attached hydrogens (tertiary/aromatic N) is 2. The molecule has 0 bridgehead atoms. The highest BCUT2D eigenvalue weighted by molar-refractivity contribution is 7.89. The van der Waals surface area contributed by atoms with Crippen LogP contribution in [0.5, 0.6) is 0 Å². The second kappa shape index (κ2) is 8.15. The Kier molecular flexibility index (Phi) is 6.44. The number of rotatable bonds is 5. The number of hydrogen-bond donors (Lipinski definition) is 1. The van der Waals surface area contributed by atoms with Gasteiger partial charge in [-0.05, 0) is 24.4 Å². The maximum Gasteiger partial charge on any atom is 0.246 e. The first-order valence-electron chi connectivity index (χ1n) is 7.33. The van der Waals surface area contributed by atoms with Crippen molar-refractivity contribution in [1.29, 1.82) is 0 Å². The summed E-state index contributed by atoms with van der Waals surface area (Å²) in [5.41, 5.74) is 0. The molecule has 0 unspecified atom stereocenters. The average molecular weight is 379 g/mol. The lowest BCUT2D eigenvalue weighted by Crippen LogP contribution is -2.53. The minimum atomic E-state index is -4.00. The topological polar surface area (TPSA) is 61.9 Å². The average Bonchev–Trinajstić information content (AvgIpc) is 2.54. The lowest BCUT2D eigenvalue weighted by atomic mass is 10.3. The summed E-state index contributed by atoms with van der Waals surface area (Å²) < 4.78 is 57.8. The molecule has 24 heavy (non-hydrogen) atoms. The summed E-state index contributed by atoms with van der Waals surface area (Å²) in [6, 6.07) is 2.45. The van der Waals surface area contributed by atoms with Crippen LogP contribution in [0, 0.1) is 11.6 Å². The van der Waals surface area contributed by atoms with Crippen LogP contribution in [0.25, 0.3) is 0 Å². The Labute approximate surface area is 145 Å². The van der Waals surface area contributed by atoms with Gasteiger partial charge in [0, 0.05) is 45.9 Å². The lowest BCUT2D eigenvalue weighted by molar-refractivity contribution is 0.201. The van der Waals surface area contributed by atoms with Crippen molar-refractivity contribution >= 4 is 27.4 Å². The van der Waals surface area contributed by atoms with E-state index in [1.165, 1.54) is 4.31 Å². The van der Waals surface area contributed by atoms with Crippen molar-refractivity contribution in [1.82, 2.24) is 14.5 Å². The van der Waals surface area contributed by atoms with Gasteiger partial charge in [0.15, 0.2) is 5.11 Å². The third-order valence-electron chi connectivity index (χ3n) is 3.62. The zero-order chi connectivity index (χ0) is 17.7. The van der Waals surface area contributed by atoms with Gasteiger partial charge in [-0.3, -0.25) is 0 Å². The number of halogens is 2. The van der Waals surface area contributed by atoms with Gasteiger partial charge in [0.1, 0.15) is 16.5 Å². The largest absolute Gasteiger partial charge is 0.383 e. The predicted molar refractivity (Wildman–Crippen MR) is 89.2 cm³/mol. The van der Waals surface area contributed by atoms with Crippen molar-refractivity contribution in [2.75, 3.05) is 46.4 Å². The molecule has 1 aromatic carbocycles. The Morgan fingerprint density at radius 1 is 1.29 bits per heavy atom. The summed E-state index contributed by atoms with van der Waals surface area (Å²) in [4.78, 5) is 1.33. The zero-order valence-electron chi connectivity index (χ0n) is 13.2. The number of sulfonamides is 1. The van der Waals surface area contributed by atoms with Crippen molar-refractivity contribution in [3.8, 4) is 0 Å². The van der Waals surface area contributed by atoms with Gasteiger partial charge in [0.2, 0.25) is 10.0 Å². The van der Waals surface area contributed by atoms with Crippen molar-refractivity contribution in [3.63, 3.8) is 0 Å². The molecule has 0 aliphatic carbocycles. The van der Waals surface area contributed by atoms with E-state index in [1.807, 2.05) is 4.90 Å². The zero-order valence-corrected chi connectivity index (χ0v) is 14.8. The third-order valence-corrected chi connectivity index (χ3v) is 5.95. The summed E-state index contributed by atoms with van der Waals surface area (Å²) in [6.45, 7) is 2.20. The number of nitrogens with one attached hydrogen (secondary N) is 1. The van der Waals surface area contributed by atoms with E-state index in [0.29, 0.717) is 37.4 Å². The Balaban J connectivity index is 1.99. The van der Waals surface area contributed by atoms with E-state index in [4.69, 9.17) is 17.0 Å². The molecule has 2 rings (SSSR count). The second-order valence-electron chi connectivity index (χ2n) is 5.19. The molecule has 0 spiro atoms. The second-order valence-corrected chi connectivity index (χ2v) is 7.48. The summed E-state index contributed by atoms with van der Waals surface area (Å²) in [5, 5.41) is 3.54. The van der Waals surface area contributed by atoms with Crippen LogP contribution in [0.15, 0.2) is 23.1 Å². The van der Waals surface area contributed by atoms with E-state index >= 15 is 0 Å². The van der Waals surface area contributed by atoms with Gasteiger partial charge in [-0.15, -0.1) is 0 Å². The fourth-order valence-corrected chi connectivity index (χ4v) is 4.08. The normalized spacial score (nSPS) is 16.2. The molecule has 1 aliphatic heterocycles. The highest BCUT2D eigenvalue weighted by atomic mass is 32.2. The van der Waals surface area contributed by atoms with Gasteiger partial charge >= 0.3 is 0 Å². The number of thiocarbonyl (C=S) groups is 1. The number of piperazine rings is 1. The molecule has 0 radical (unpaired) electrons. The number of hydrogen-bond acceptors (Lipinski definition) is 4. The fourth-order valence-electron chi connectivity index (χ4n) is 2.33. The van der Waals surface area contributed by atoms with Gasteiger partial charge in [0.25, 0.3) is 0 Å². The molecule has 0 aromatic heterocycles.